The number of nitrogens with zero attached hydrogens (tertiary/aromatic N) is 1. The van der Waals surface area contributed by atoms with Crippen molar-refractivity contribution in [2.45, 2.75) is 18.9 Å². The van der Waals surface area contributed by atoms with Crippen LogP contribution in [0.4, 0.5) is 13.9 Å². The van der Waals surface area contributed by atoms with Gasteiger partial charge in [0.2, 0.25) is 0 Å². The van der Waals surface area contributed by atoms with Gasteiger partial charge in [-0.3, -0.25) is 10.1 Å². The van der Waals surface area contributed by atoms with Gasteiger partial charge in [0.1, 0.15) is 17.4 Å². The molecule has 4 nitrogen and oxygen atoms in total. The average Bonchev–Trinajstić information content (AvgIpc) is 3.24. The highest BCUT2D eigenvalue weighted by Gasteiger charge is 2.29. The number of rotatable bonds is 4. The molecular formula is C19H14F2N2O2S. The second-order valence-electron chi connectivity index (χ2n) is 5.95. The Balaban J connectivity index is 1.40. The largest absolute Gasteiger partial charge is 0.480 e. The lowest BCUT2D eigenvalue weighted by atomic mass is 10.1. The molecule has 1 aromatic heterocycles. The number of ether oxygens (including phenoxy) is 1. The monoisotopic (exact) mass is 372 g/mol. The molecule has 0 aliphatic carbocycles. The first-order valence-corrected chi connectivity index (χ1v) is 8.84. The molecule has 2 heterocycles. The van der Waals surface area contributed by atoms with Crippen LogP contribution in [0, 0.1) is 11.6 Å². The van der Waals surface area contributed by atoms with Crippen LogP contribution in [-0.2, 0) is 17.6 Å². The Morgan fingerprint density at radius 1 is 1.27 bits per heavy atom. The molecule has 7 heteroatoms. The molecule has 4 rings (SSSR count). The van der Waals surface area contributed by atoms with Gasteiger partial charge in [0.25, 0.3) is 5.91 Å². The van der Waals surface area contributed by atoms with E-state index in [9.17, 15) is 13.6 Å². The number of anilines is 1. The summed E-state index contributed by atoms with van der Waals surface area (Å²) in [5.41, 5.74) is 1.38. The summed E-state index contributed by atoms with van der Waals surface area (Å²) in [6.45, 7) is 0. The Labute approximate surface area is 152 Å². The number of carbonyl (C=O) groups excluding carboxylic acids is 1. The van der Waals surface area contributed by atoms with E-state index in [0.717, 1.165) is 22.3 Å². The van der Waals surface area contributed by atoms with Crippen molar-refractivity contribution in [3.05, 3.63) is 76.3 Å². The lowest BCUT2D eigenvalue weighted by Crippen LogP contribution is -2.31. The van der Waals surface area contributed by atoms with Gasteiger partial charge in [-0.1, -0.05) is 24.3 Å². The second-order valence-corrected chi connectivity index (χ2v) is 7.07. The third kappa shape index (κ3) is 3.43. The van der Waals surface area contributed by atoms with E-state index in [-0.39, 0.29) is 12.3 Å². The highest BCUT2D eigenvalue weighted by molar-refractivity contribution is 7.15. The van der Waals surface area contributed by atoms with Gasteiger partial charge >= 0.3 is 0 Å². The van der Waals surface area contributed by atoms with Gasteiger partial charge in [-0.2, -0.15) is 0 Å². The van der Waals surface area contributed by atoms with E-state index in [1.807, 2.05) is 24.3 Å². The molecule has 0 bridgehead atoms. The molecule has 0 radical (unpaired) electrons. The fourth-order valence-corrected chi connectivity index (χ4v) is 3.65. The van der Waals surface area contributed by atoms with Gasteiger partial charge in [-0.15, -0.1) is 11.3 Å². The number of halogens is 2. The van der Waals surface area contributed by atoms with Crippen molar-refractivity contribution in [3.8, 4) is 5.75 Å². The Morgan fingerprint density at radius 2 is 2.12 bits per heavy atom. The lowest BCUT2D eigenvalue weighted by molar-refractivity contribution is -0.122. The minimum atomic E-state index is -0.610. The molecule has 0 spiro atoms. The van der Waals surface area contributed by atoms with Crippen molar-refractivity contribution in [1.82, 2.24) is 4.98 Å². The summed E-state index contributed by atoms with van der Waals surface area (Å²) < 4.78 is 32.4. The molecule has 1 amide bonds. The van der Waals surface area contributed by atoms with E-state index in [1.54, 1.807) is 6.20 Å². The van der Waals surface area contributed by atoms with E-state index >= 15 is 0 Å². The fourth-order valence-electron chi connectivity index (χ4n) is 2.81. The zero-order valence-electron chi connectivity index (χ0n) is 13.5. The van der Waals surface area contributed by atoms with Gasteiger partial charge in [0.15, 0.2) is 11.2 Å². The summed E-state index contributed by atoms with van der Waals surface area (Å²) in [5.74, 6) is -0.753. The maximum absolute atomic E-state index is 13.7. The minimum Gasteiger partial charge on any atom is -0.480 e. The van der Waals surface area contributed by atoms with E-state index in [2.05, 4.69) is 10.3 Å². The number of nitrogens with one attached hydrogen (secondary N) is 1. The molecule has 0 saturated carbocycles. The van der Waals surface area contributed by atoms with Crippen molar-refractivity contribution >= 4 is 22.4 Å². The van der Waals surface area contributed by atoms with Crippen LogP contribution in [-0.4, -0.2) is 17.0 Å². The molecule has 1 unspecified atom stereocenters. The minimum absolute atomic E-state index is 0.268. The quantitative estimate of drug-likeness (QED) is 0.754. The van der Waals surface area contributed by atoms with Crippen molar-refractivity contribution in [3.63, 3.8) is 0 Å². The first-order chi connectivity index (χ1) is 12.6. The van der Waals surface area contributed by atoms with Gasteiger partial charge in [0, 0.05) is 30.0 Å². The number of hydrogen-bond acceptors (Lipinski definition) is 4. The maximum Gasteiger partial charge on any atom is 0.267 e. The molecule has 2 aromatic carbocycles. The van der Waals surface area contributed by atoms with E-state index < -0.39 is 17.7 Å². The van der Waals surface area contributed by atoms with Crippen LogP contribution in [0.25, 0.3) is 0 Å². The molecular weight excluding hydrogens is 358 g/mol. The van der Waals surface area contributed by atoms with Crippen LogP contribution in [0.3, 0.4) is 0 Å². The highest BCUT2D eigenvalue weighted by atomic mass is 32.1. The molecule has 132 valence electrons. The number of para-hydroxylation sites is 1. The zero-order chi connectivity index (χ0) is 18.1. The third-order valence-electron chi connectivity index (χ3n) is 4.10. The molecule has 1 atom stereocenters. The van der Waals surface area contributed by atoms with Crippen LogP contribution < -0.4 is 10.1 Å². The standard InChI is InChI=1S/C19H14F2N2O2S/c20-13-6-5-11(15(21)9-13)7-14-10-22-19(26-14)23-18(24)17-8-12-3-1-2-4-16(12)25-17/h1-6,9-10,17H,7-8H2,(H,22,23,24). The van der Waals surface area contributed by atoms with E-state index in [1.165, 1.54) is 23.5 Å². The molecule has 26 heavy (non-hydrogen) atoms. The summed E-state index contributed by atoms with van der Waals surface area (Å²) in [6.07, 6.45) is 1.79. The SMILES string of the molecule is O=C(Nc1ncc(Cc2ccc(F)cc2F)s1)C1Cc2ccccc2O1. The number of aromatic nitrogens is 1. The molecule has 1 N–H and O–H groups in total. The van der Waals surface area contributed by atoms with E-state index in [4.69, 9.17) is 4.74 Å². The number of carbonyl (C=O) groups is 1. The first kappa shape index (κ1) is 16.7. The van der Waals surface area contributed by atoms with Gasteiger partial charge < -0.3 is 4.74 Å². The Morgan fingerprint density at radius 3 is 2.92 bits per heavy atom. The molecule has 3 aromatic rings. The summed E-state index contributed by atoms with van der Waals surface area (Å²) in [4.78, 5) is 17.3. The van der Waals surface area contributed by atoms with Crippen LogP contribution in [0.1, 0.15) is 16.0 Å². The topological polar surface area (TPSA) is 51.2 Å². The molecule has 0 fully saturated rings. The number of thiazole rings is 1. The van der Waals surface area contributed by atoms with E-state index in [0.29, 0.717) is 17.1 Å². The summed E-state index contributed by atoms with van der Waals surface area (Å²) in [7, 11) is 0. The molecule has 0 saturated heterocycles. The highest BCUT2D eigenvalue weighted by Crippen LogP contribution is 2.29. The van der Waals surface area contributed by atoms with Crippen molar-refractivity contribution in [1.29, 1.82) is 0 Å². The third-order valence-corrected chi connectivity index (χ3v) is 5.02. The smallest absolute Gasteiger partial charge is 0.267 e. The number of benzene rings is 2. The molecule has 1 aliphatic rings. The zero-order valence-corrected chi connectivity index (χ0v) is 14.4. The van der Waals surface area contributed by atoms with Crippen LogP contribution >= 0.6 is 11.3 Å². The van der Waals surface area contributed by atoms with Gasteiger partial charge in [-0.05, 0) is 23.3 Å². The summed E-state index contributed by atoms with van der Waals surface area (Å²) >= 11 is 1.25. The lowest BCUT2D eigenvalue weighted by Gasteiger charge is -2.09. The van der Waals surface area contributed by atoms with Crippen LogP contribution in [0.2, 0.25) is 0 Å². The predicted molar refractivity (Wildman–Crippen MR) is 94.5 cm³/mol. The Hall–Kier alpha value is -2.80. The molecule has 1 aliphatic heterocycles. The van der Waals surface area contributed by atoms with Gasteiger partial charge in [0.05, 0.1) is 0 Å². The fraction of sp³-hybridized carbons (Fsp3) is 0.158. The maximum atomic E-state index is 13.7. The Bertz CT molecular complexity index is 949. The number of amides is 1. The van der Waals surface area contributed by atoms with Crippen molar-refractivity contribution in [2.24, 2.45) is 0 Å². The summed E-state index contributed by atoms with van der Waals surface area (Å²) in [6, 6.07) is 11.0. The van der Waals surface area contributed by atoms with Crippen molar-refractivity contribution in [2.75, 3.05) is 5.32 Å². The predicted octanol–water partition coefficient (Wildman–Crippen LogP) is 3.95. The number of hydrogen-bond donors (Lipinski definition) is 1. The van der Waals surface area contributed by atoms with Crippen molar-refractivity contribution < 1.29 is 18.3 Å². The van der Waals surface area contributed by atoms with Crippen LogP contribution in [0.15, 0.2) is 48.7 Å². The second kappa shape index (κ2) is 6.84. The summed E-state index contributed by atoms with van der Waals surface area (Å²) in [5, 5.41) is 3.16. The first-order valence-electron chi connectivity index (χ1n) is 8.02. The average molecular weight is 372 g/mol. The van der Waals surface area contributed by atoms with Gasteiger partial charge in [-0.25, -0.2) is 13.8 Å². The number of fused-ring (bicyclic) bond motifs is 1. The van der Waals surface area contributed by atoms with Crippen LogP contribution in [0.5, 0.6) is 5.75 Å². The normalized spacial score (nSPS) is 15.4. The Kier molecular flexibility index (Phi) is 4.38.